The van der Waals surface area contributed by atoms with Crippen molar-refractivity contribution in [1.82, 2.24) is 0 Å². The topological polar surface area (TPSA) is 56.2 Å². The van der Waals surface area contributed by atoms with Crippen LogP contribution >= 0.6 is 0 Å². The highest BCUT2D eigenvalue weighted by molar-refractivity contribution is 5.99. The zero-order valence-electron chi connectivity index (χ0n) is 8.38. The van der Waals surface area contributed by atoms with Crippen molar-refractivity contribution in [2.75, 3.05) is 6.54 Å². The molecule has 0 fully saturated rings. The van der Waals surface area contributed by atoms with Crippen molar-refractivity contribution < 1.29 is 9.21 Å². The Morgan fingerprint density at radius 3 is 3.07 bits per heavy atom. The molecule has 2 rings (SSSR count). The van der Waals surface area contributed by atoms with E-state index in [0.717, 1.165) is 29.7 Å². The van der Waals surface area contributed by atoms with Gasteiger partial charge in [-0.1, -0.05) is 0 Å². The summed E-state index contributed by atoms with van der Waals surface area (Å²) in [6.45, 7) is 2.57. The Bertz CT molecular complexity index is 354. The van der Waals surface area contributed by atoms with Crippen LogP contribution in [-0.4, -0.2) is 12.3 Å². The van der Waals surface area contributed by atoms with E-state index < -0.39 is 0 Å². The molecule has 14 heavy (non-hydrogen) atoms. The minimum Gasteiger partial charge on any atom is -0.468 e. The van der Waals surface area contributed by atoms with Crippen LogP contribution in [0.25, 0.3) is 0 Å². The van der Waals surface area contributed by atoms with Crippen LogP contribution in [0.2, 0.25) is 0 Å². The Morgan fingerprint density at radius 1 is 1.57 bits per heavy atom. The molecule has 1 unspecified atom stereocenters. The van der Waals surface area contributed by atoms with E-state index in [9.17, 15) is 4.79 Å². The molecule has 1 heterocycles. The molecule has 0 radical (unpaired) electrons. The van der Waals surface area contributed by atoms with Crippen LogP contribution in [0.1, 0.15) is 34.5 Å². The highest BCUT2D eigenvalue weighted by atomic mass is 16.3. The molecule has 1 aromatic rings. The Morgan fingerprint density at radius 2 is 2.36 bits per heavy atom. The van der Waals surface area contributed by atoms with Crippen molar-refractivity contribution in [1.29, 1.82) is 0 Å². The van der Waals surface area contributed by atoms with E-state index in [4.69, 9.17) is 10.2 Å². The number of Topliss-reactive ketones (excluding diaryl/α,β-unsaturated/α-hetero) is 1. The second-order valence-corrected chi connectivity index (χ2v) is 3.99. The van der Waals surface area contributed by atoms with E-state index in [1.807, 2.05) is 6.92 Å². The summed E-state index contributed by atoms with van der Waals surface area (Å²) in [4.78, 5) is 11.8. The van der Waals surface area contributed by atoms with Gasteiger partial charge in [0.15, 0.2) is 5.78 Å². The van der Waals surface area contributed by atoms with Crippen molar-refractivity contribution in [3.8, 4) is 0 Å². The summed E-state index contributed by atoms with van der Waals surface area (Å²) in [5.74, 6) is 1.46. The number of hydrogen-bond acceptors (Lipinski definition) is 3. The lowest BCUT2D eigenvalue weighted by Gasteiger charge is -2.19. The van der Waals surface area contributed by atoms with E-state index >= 15 is 0 Å². The summed E-state index contributed by atoms with van der Waals surface area (Å²) in [5, 5.41) is 0. The van der Waals surface area contributed by atoms with Gasteiger partial charge in [-0.3, -0.25) is 4.79 Å². The van der Waals surface area contributed by atoms with Crippen LogP contribution in [0.5, 0.6) is 0 Å². The molecule has 0 aliphatic heterocycles. The van der Waals surface area contributed by atoms with Crippen molar-refractivity contribution >= 4 is 5.78 Å². The van der Waals surface area contributed by atoms with Crippen molar-refractivity contribution in [2.24, 2.45) is 11.7 Å². The summed E-state index contributed by atoms with van der Waals surface area (Å²) < 4.78 is 5.37. The lowest BCUT2D eigenvalue weighted by atomic mass is 9.84. The molecule has 1 aromatic heterocycles. The number of nitrogens with two attached hydrogens (primary N) is 1. The van der Waals surface area contributed by atoms with Gasteiger partial charge in [0, 0.05) is 12.8 Å². The predicted octanol–water partition coefficient (Wildman–Crippen LogP) is 1.68. The van der Waals surface area contributed by atoms with E-state index in [1.165, 1.54) is 0 Å². The highest BCUT2D eigenvalue weighted by Gasteiger charge is 2.28. The Labute approximate surface area is 83.3 Å². The van der Waals surface area contributed by atoms with Crippen molar-refractivity contribution in [2.45, 2.75) is 26.2 Å². The van der Waals surface area contributed by atoms with E-state index in [-0.39, 0.29) is 5.78 Å². The molecule has 3 heteroatoms. The molecule has 0 saturated carbocycles. The Balaban J connectivity index is 2.26. The smallest absolute Gasteiger partial charge is 0.166 e. The summed E-state index contributed by atoms with van der Waals surface area (Å²) >= 11 is 0. The first-order valence-corrected chi connectivity index (χ1v) is 5.02. The number of ketones is 1. The van der Waals surface area contributed by atoms with Crippen molar-refractivity contribution in [3.05, 3.63) is 23.2 Å². The van der Waals surface area contributed by atoms with E-state index in [1.54, 1.807) is 6.26 Å². The largest absolute Gasteiger partial charge is 0.468 e. The molecule has 1 aliphatic rings. The van der Waals surface area contributed by atoms with E-state index in [2.05, 4.69) is 0 Å². The van der Waals surface area contributed by atoms with Gasteiger partial charge in [-0.2, -0.15) is 0 Å². The Kier molecular flexibility index (Phi) is 2.42. The second kappa shape index (κ2) is 3.58. The average Bonchev–Trinajstić information content (AvgIpc) is 2.48. The summed E-state index contributed by atoms with van der Waals surface area (Å²) in [5.41, 5.74) is 7.27. The normalized spacial score (nSPS) is 21.0. The molecule has 76 valence electrons. The fraction of sp³-hybridized carbons (Fsp3) is 0.545. The number of carbonyl (C=O) groups is 1. The van der Waals surface area contributed by atoms with Gasteiger partial charge in [0.05, 0.1) is 11.8 Å². The number of carbonyl (C=O) groups excluding carboxylic acids is 1. The zero-order chi connectivity index (χ0) is 10.1. The third-order valence-corrected chi connectivity index (χ3v) is 2.85. The standard InChI is InChI=1S/C11H15NO2/c1-7-6-14-10-5-8(2-3-12)4-9(13)11(7)10/h6,8H,2-5,12H2,1H3. The fourth-order valence-electron chi connectivity index (χ4n) is 2.16. The van der Waals surface area contributed by atoms with Crippen LogP contribution in [0.15, 0.2) is 10.7 Å². The molecule has 0 aromatic carbocycles. The third kappa shape index (κ3) is 1.48. The lowest BCUT2D eigenvalue weighted by molar-refractivity contribution is 0.0941. The third-order valence-electron chi connectivity index (χ3n) is 2.85. The van der Waals surface area contributed by atoms with Crippen LogP contribution in [0, 0.1) is 12.8 Å². The molecular formula is C11H15NO2. The monoisotopic (exact) mass is 193 g/mol. The van der Waals surface area contributed by atoms with Crippen LogP contribution in [0.3, 0.4) is 0 Å². The van der Waals surface area contributed by atoms with Gasteiger partial charge in [0.2, 0.25) is 0 Å². The van der Waals surface area contributed by atoms with Gasteiger partial charge in [-0.05, 0) is 31.4 Å². The first kappa shape index (κ1) is 9.46. The average molecular weight is 193 g/mol. The summed E-state index contributed by atoms with van der Waals surface area (Å²) in [7, 11) is 0. The minimum absolute atomic E-state index is 0.218. The fourth-order valence-corrected chi connectivity index (χ4v) is 2.16. The van der Waals surface area contributed by atoms with Gasteiger partial charge < -0.3 is 10.2 Å². The molecule has 0 amide bonds. The van der Waals surface area contributed by atoms with Crippen LogP contribution in [0.4, 0.5) is 0 Å². The quantitative estimate of drug-likeness (QED) is 0.777. The molecule has 1 aliphatic carbocycles. The molecule has 0 bridgehead atoms. The molecule has 3 nitrogen and oxygen atoms in total. The molecule has 1 atom stereocenters. The number of aryl methyl sites for hydroxylation is 1. The number of hydrogen-bond donors (Lipinski definition) is 1. The van der Waals surface area contributed by atoms with Gasteiger partial charge in [0.1, 0.15) is 5.76 Å². The predicted molar refractivity (Wildman–Crippen MR) is 53.3 cm³/mol. The molecule has 0 saturated heterocycles. The number of rotatable bonds is 2. The Hall–Kier alpha value is -1.09. The van der Waals surface area contributed by atoms with Crippen LogP contribution in [-0.2, 0) is 6.42 Å². The molecule has 2 N–H and O–H groups in total. The number of furan rings is 1. The number of fused-ring (bicyclic) bond motifs is 1. The van der Waals surface area contributed by atoms with E-state index in [0.29, 0.717) is 18.9 Å². The van der Waals surface area contributed by atoms with Gasteiger partial charge in [0.25, 0.3) is 0 Å². The second-order valence-electron chi connectivity index (χ2n) is 3.99. The van der Waals surface area contributed by atoms with Crippen molar-refractivity contribution in [3.63, 3.8) is 0 Å². The molecule has 0 spiro atoms. The maximum absolute atomic E-state index is 11.8. The van der Waals surface area contributed by atoms with Gasteiger partial charge in [-0.25, -0.2) is 0 Å². The maximum atomic E-state index is 11.8. The SMILES string of the molecule is Cc1coc2c1C(=O)CC(CCN)C2. The maximum Gasteiger partial charge on any atom is 0.166 e. The molecular weight excluding hydrogens is 178 g/mol. The summed E-state index contributed by atoms with van der Waals surface area (Å²) in [6.07, 6.45) is 4.08. The minimum atomic E-state index is 0.218. The zero-order valence-corrected chi connectivity index (χ0v) is 8.38. The van der Waals surface area contributed by atoms with Crippen LogP contribution < -0.4 is 5.73 Å². The highest BCUT2D eigenvalue weighted by Crippen LogP contribution is 2.30. The van der Waals surface area contributed by atoms with Gasteiger partial charge in [-0.15, -0.1) is 0 Å². The summed E-state index contributed by atoms with van der Waals surface area (Å²) in [6, 6.07) is 0. The van der Waals surface area contributed by atoms with Gasteiger partial charge >= 0.3 is 0 Å². The first-order valence-electron chi connectivity index (χ1n) is 5.02. The first-order chi connectivity index (χ1) is 6.72. The lowest BCUT2D eigenvalue weighted by Crippen LogP contribution is -2.21.